The van der Waals surface area contributed by atoms with Crippen molar-refractivity contribution in [2.75, 3.05) is 33.9 Å². The fraction of sp³-hybridized carbons (Fsp3) is 0.452. The van der Waals surface area contributed by atoms with E-state index in [9.17, 15) is 24.0 Å². The van der Waals surface area contributed by atoms with Gasteiger partial charge in [0.25, 0.3) is 11.1 Å². The van der Waals surface area contributed by atoms with E-state index in [4.69, 9.17) is 14.2 Å². The summed E-state index contributed by atoms with van der Waals surface area (Å²) in [5, 5.41) is 9.95. The molecule has 1 aliphatic carbocycles. The largest absolute Gasteiger partial charge is 0.493 e. The van der Waals surface area contributed by atoms with Crippen molar-refractivity contribution < 1.29 is 38.2 Å². The number of imide groups is 1. The third-order valence-electron chi connectivity index (χ3n) is 7.62. The van der Waals surface area contributed by atoms with Gasteiger partial charge in [0, 0.05) is 24.4 Å². The first kappa shape index (κ1) is 32.0. The minimum absolute atomic E-state index is 0.0664. The SMILES string of the molecule is COC(=O)C1CCC(NCCCNC(=O)CCCOc2ccc(/C=C3\SC(=O)NC3=O)c3ccccc23)C(C(=O)OC)C1. The Morgan fingerprint density at radius 3 is 2.47 bits per heavy atom. The Bertz CT molecular complexity index is 1390. The summed E-state index contributed by atoms with van der Waals surface area (Å²) in [6, 6.07) is 11.2. The number of methoxy groups -OCH3 is 2. The number of thioether (sulfide) groups is 1. The number of esters is 2. The van der Waals surface area contributed by atoms with Crippen LogP contribution in [0, 0.1) is 11.8 Å². The van der Waals surface area contributed by atoms with Crippen molar-refractivity contribution in [3.05, 3.63) is 46.9 Å². The van der Waals surface area contributed by atoms with Crippen LogP contribution in [0.3, 0.4) is 0 Å². The number of fused-ring (bicyclic) bond motifs is 1. The third kappa shape index (κ3) is 8.57. The zero-order chi connectivity index (χ0) is 30.8. The van der Waals surface area contributed by atoms with Crippen molar-refractivity contribution >= 4 is 57.6 Å². The average Bonchev–Trinajstić information content (AvgIpc) is 3.34. The Kier molecular flexibility index (Phi) is 11.6. The smallest absolute Gasteiger partial charge is 0.310 e. The Morgan fingerprint density at radius 1 is 0.977 bits per heavy atom. The quantitative estimate of drug-likeness (QED) is 0.174. The number of ether oxygens (including phenoxy) is 3. The highest BCUT2D eigenvalue weighted by molar-refractivity contribution is 8.18. The molecule has 3 N–H and O–H groups in total. The predicted octanol–water partition coefficient (Wildman–Crippen LogP) is 3.55. The Morgan fingerprint density at radius 2 is 1.74 bits per heavy atom. The Balaban J connectivity index is 1.17. The summed E-state index contributed by atoms with van der Waals surface area (Å²) < 4.78 is 15.8. The lowest BCUT2D eigenvalue weighted by atomic mass is 9.78. The fourth-order valence-corrected chi connectivity index (χ4v) is 6.10. The van der Waals surface area contributed by atoms with Gasteiger partial charge in [-0.1, -0.05) is 30.3 Å². The zero-order valence-electron chi connectivity index (χ0n) is 24.3. The molecule has 2 aromatic carbocycles. The van der Waals surface area contributed by atoms with E-state index in [1.54, 1.807) is 6.08 Å². The van der Waals surface area contributed by atoms with Gasteiger partial charge >= 0.3 is 11.9 Å². The van der Waals surface area contributed by atoms with Gasteiger partial charge in [-0.25, -0.2) is 0 Å². The van der Waals surface area contributed by atoms with E-state index in [2.05, 4.69) is 16.0 Å². The highest BCUT2D eigenvalue weighted by Gasteiger charge is 2.38. The van der Waals surface area contributed by atoms with Crippen LogP contribution in [0.1, 0.15) is 44.1 Å². The number of carbonyl (C=O) groups is 5. The third-order valence-corrected chi connectivity index (χ3v) is 8.43. The van der Waals surface area contributed by atoms with Gasteiger partial charge < -0.3 is 24.8 Å². The molecule has 43 heavy (non-hydrogen) atoms. The normalized spacial score (nSPS) is 21.0. The fourth-order valence-electron chi connectivity index (χ4n) is 5.42. The molecule has 0 radical (unpaired) electrons. The monoisotopic (exact) mass is 611 g/mol. The first-order valence-corrected chi connectivity index (χ1v) is 15.2. The molecule has 230 valence electrons. The van der Waals surface area contributed by atoms with Crippen LogP contribution in [-0.4, -0.2) is 69.0 Å². The van der Waals surface area contributed by atoms with Gasteiger partial charge in [0.1, 0.15) is 5.75 Å². The molecule has 4 rings (SSSR count). The van der Waals surface area contributed by atoms with Crippen LogP contribution in [0.5, 0.6) is 5.75 Å². The van der Waals surface area contributed by atoms with Crippen molar-refractivity contribution in [1.29, 1.82) is 0 Å². The van der Waals surface area contributed by atoms with Crippen LogP contribution in [0.25, 0.3) is 16.8 Å². The highest BCUT2D eigenvalue weighted by Crippen LogP contribution is 2.33. The second kappa shape index (κ2) is 15.5. The van der Waals surface area contributed by atoms with Crippen molar-refractivity contribution in [1.82, 2.24) is 16.0 Å². The van der Waals surface area contributed by atoms with Crippen molar-refractivity contribution in [3.8, 4) is 5.75 Å². The van der Waals surface area contributed by atoms with Crippen molar-refractivity contribution in [2.45, 2.75) is 44.6 Å². The van der Waals surface area contributed by atoms with Crippen molar-refractivity contribution in [2.24, 2.45) is 11.8 Å². The molecule has 2 aliphatic rings. The van der Waals surface area contributed by atoms with Gasteiger partial charge in [0.15, 0.2) is 0 Å². The summed E-state index contributed by atoms with van der Waals surface area (Å²) in [6.07, 6.45) is 4.95. The van der Waals surface area contributed by atoms with Gasteiger partial charge in [-0.3, -0.25) is 29.3 Å². The molecule has 0 bridgehead atoms. The molecule has 2 fully saturated rings. The van der Waals surface area contributed by atoms with E-state index in [-0.39, 0.29) is 35.0 Å². The van der Waals surface area contributed by atoms with Gasteiger partial charge in [-0.15, -0.1) is 0 Å². The molecule has 1 saturated heterocycles. The van der Waals surface area contributed by atoms with Crippen LogP contribution in [0.15, 0.2) is 41.3 Å². The van der Waals surface area contributed by atoms with Crippen LogP contribution in [-0.2, 0) is 28.7 Å². The maximum Gasteiger partial charge on any atom is 0.310 e. The summed E-state index contributed by atoms with van der Waals surface area (Å²) in [7, 11) is 2.70. The number of rotatable bonds is 13. The molecule has 1 saturated carbocycles. The van der Waals surface area contributed by atoms with E-state index >= 15 is 0 Å². The lowest BCUT2D eigenvalue weighted by molar-refractivity contribution is -0.153. The van der Waals surface area contributed by atoms with Crippen LogP contribution >= 0.6 is 11.8 Å². The molecule has 2 aromatic rings. The maximum absolute atomic E-state index is 12.3. The van der Waals surface area contributed by atoms with E-state index in [0.29, 0.717) is 68.9 Å². The van der Waals surface area contributed by atoms with Crippen LogP contribution in [0.2, 0.25) is 0 Å². The number of amides is 3. The lowest BCUT2D eigenvalue weighted by Crippen LogP contribution is -2.46. The summed E-state index contributed by atoms with van der Waals surface area (Å²) in [4.78, 5) is 60.4. The molecule has 3 atom stereocenters. The number of benzene rings is 2. The highest BCUT2D eigenvalue weighted by atomic mass is 32.2. The van der Waals surface area contributed by atoms with E-state index < -0.39 is 11.8 Å². The molecule has 11 nitrogen and oxygen atoms in total. The first-order valence-electron chi connectivity index (χ1n) is 14.4. The van der Waals surface area contributed by atoms with Gasteiger partial charge in [-0.05, 0) is 73.5 Å². The summed E-state index contributed by atoms with van der Waals surface area (Å²) in [6.45, 7) is 1.47. The Labute approximate surface area is 254 Å². The number of hydrogen-bond acceptors (Lipinski definition) is 10. The van der Waals surface area contributed by atoms with Crippen LogP contribution < -0.4 is 20.7 Å². The van der Waals surface area contributed by atoms with Crippen LogP contribution in [0.4, 0.5) is 4.79 Å². The molecule has 0 spiro atoms. The minimum Gasteiger partial charge on any atom is -0.493 e. The standard InChI is InChI=1S/C31H37N3O8S/c1-40-29(37)20-10-12-24(23(17-20)30(38)41-2)32-14-6-15-33-27(35)9-5-16-42-25-13-11-19(21-7-3-4-8-22(21)25)18-26-28(36)34-31(39)43-26/h3-4,7-8,11,13,18,20,23-24,32H,5-6,9-10,12,14-17H2,1-2H3,(H,33,35)(H,34,36,39)/b26-18-. The topological polar surface area (TPSA) is 149 Å². The number of carbonyl (C=O) groups excluding carboxylic acids is 5. The first-order chi connectivity index (χ1) is 20.8. The average molecular weight is 612 g/mol. The second-order valence-corrected chi connectivity index (χ2v) is 11.4. The minimum atomic E-state index is -0.416. The number of nitrogens with one attached hydrogen (secondary N) is 3. The zero-order valence-corrected chi connectivity index (χ0v) is 25.1. The van der Waals surface area contributed by atoms with E-state index in [1.807, 2.05) is 36.4 Å². The lowest BCUT2D eigenvalue weighted by Gasteiger charge is -2.34. The maximum atomic E-state index is 12.3. The Hall–Kier alpha value is -3.90. The molecular formula is C31H37N3O8S. The number of hydrogen-bond donors (Lipinski definition) is 3. The van der Waals surface area contributed by atoms with Crippen molar-refractivity contribution in [3.63, 3.8) is 0 Å². The molecule has 3 amide bonds. The van der Waals surface area contributed by atoms with E-state index in [1.165, 1.54) is 14.2 Å². The van der Waals surface area contributed by atoms with E-state index in [0.717, 1.165) is 28.1 Å². The molecule has 12 heteroatoms. The summed E-state index contributed by atoms with van der Waals surface area (Å²) >= 11 is 0.877. The molecule has 0 aromatic heterocycles. The molecule has 1 aliphatic heterocycles. The predicted molar refractivity (Wildman–Crippen MR) is 162 cm³/mol. The molecule has 1 heterocycles. The molecular weight excluding hydrogens is 574 g/mol. The van der Waals surface area contributed by atoms with Gasteiger partial charge in [-0.2, -0.15) is 0 Å². The second-order valence-electron chi connectivity index (χ2n) is 10.4. The van der Waals surface area contributed by atoms with Gasteiger partial charge in [0.05, 0.1) is 37.6 Å². The van der Waals surface area contributed by atoms with Gasteiger partial charge in [0.2, 0.25) is 5.91 Å². The molecule has 3 unspecified atom stereocenters. The summed E-state index contributed by atoms with van der Waals surface area (Å²) in [5.41, 5.74) is 0.805. The summed E-state index contributed by atoms with van der Waals surface area (Å²) in [5.74, 6) is -1.14.